The van der Waals surface area contributed by atoms with Crippen LogP contribution in [0, 0.1) is 17.8 Å². The average molecular weight is 339 g/mol. The van der Waals surface area contributed by atoms with Gasteiger partial charge in [-0.2, -0.15) is 0 Å². The minimum absolute atomic E-state index is 0.111. The standard InChI is InChI=1S/C20H25N3O2/c24-19(15-10-9-13-5-1-2-6-14(13)11-15)21-12-18-22-17-8-4-3-7-16(17)20(25)23-18/h3-4,7-8,13-15H,1-2,5-6,9-12H2,(H,21,24)(H,22,23,25)/t13-,14-,15-/m1/s1. The van der Waals surface area contributed by atoms with Gasteiger partial charge in [-0.3, -0.25) is 9.59 Å². The predicted octanol–water partition coefficient (Wildman–Crippen LogP) is 3.15. The number of para-hydroxylation sites is 1. The second-order valence-electron chi connectivity index (χ2n) is 7.56. The van der Waals surface area contributed by atoms with Gasteiger partial charge in [0, 0.05) is 5.92 Å². The zero-order valence-electron chi connectivity index (χ0n) is 14.5. The third-order valence-corrected chi connectivity index (χ3v) is 6.00. The fraction of sp³-hybridized carbons (Fsp3) is 0.550. The van der Waals surface area contributed by atoms with E-state index >= 15 is 0 Å². The van der Waals surface area contributed by atoms with Gasteiger partial charge in [0.15, 0.2) is 0 Å². The van der Waals surface area contributed by atoms with Crippen molar-refractivity contribution >= 4 is 16.8 Å². The van der Waals surface area contributed by atoms with Gasteiger partial charge in [-0.15, -0.1) is 0 Å². The summed E-state index contributed by atoms with van der Waals surface area (Å²) in [5.41, 5.74) is 0.510. The molecule has 4 rings (SSSR count). The molecule has 0 radical (unpaired) electrons. The molecule has 25 heavy (non-hydrogen) atoms. The summed E-state index contributed by atoms with van der Waals surface area (Å²) in [6.45, 7) is 0.281. The number of H-pyrrole nitrogens is 1. The lowest BCUT2D eigenvalue weighted by Crippen LogP contribution is -2.37. The maximum atomic E-state index is 12.6. The summed E-state index contributed by atoms with van der Waals surface area (Å²) in [6, 6.07) is 7.26. The molecule has 132 valence electrons. The van der Waals surface area contributed by atoms with Gasteiger partial charge < -0.3 is 10.3 Å². The lowest BCUT2D eigenvalue weighted by molar-refractivity contribution is -0.127. The summed E-state index contributed by atoms with van der Waals surface area (Å²) in [5, 5.41) is 3.56. The van der Waals surface area contributed by atoms with Gasteiger partial charge in [-0.05, 0) is 43.2 Å². The number of amides is 1. The number of benzene rings is 1. The SMILES string of the molecule is O=C(NCc1nc2ccccc2c(=O)[nH]1)[C@@H]1CC[C@H]2CCCC[C@@H]2C1. The third-order valence-electron chi connectivity index (χ3n) is 6.00. The molecule has 2 saturated carbocycles. The molecular weight excluding hydrogens is 314 g/mol. The number of rotatable bonds is 3. The molecule has 2 N–H and O–H groups in total. The van der Waals surface area contributed by atoms with Crippen LogP contribution >= 0.6 is 0 Å². The van der Waals surface area contributed by atoms with Crippen LogP contribution in [0.2, 0.25) is 0 Å². The maximum Gasteiger partial charge on any atom is 0.258 e. The van der Waals surface area contributed by atoms with Crippen LogP contribution in [0.4, 0.5) is 0 Å². The molecule has 0 saturated heterocycles. The third kappa shape index (κ3) is 3.46. The number of carbonyl (C=O) groups excluding carboxylic acids is 1. The van der Waals surface area contributed by atoms with E-state index in [2.05, 4.69) is 15.3 Å². The van der Waals surface area contributed by atoms with Crippen molar-refractivity contribution in [3.8, 4) is 0 Å². The van der Waals surface area contributed by atoms with E-state index in [4.69, 9.17) is 0 Å². The van der Waals surface area contributed by atoms with Crippen LogP contribution < -0.4 is 10.9 Å². The van der Waals surface area contributed by atoms with Crippen molar-refractivity contribution in [3.63, 3.8) is 0 Å². The van der Waals surface area contributed by atoms with Crippen LogP contribution in [0.15, 0.2) is 29.1 Å². The molecule has 1 aromatic heterocycles. The van der Waals surface area contributed by atoms with Crippen LogP contribution in [-0.4, -0.2) is 15.9 Å². The number of hydrogen-bond donors (Lipinski definition) is 2. The Morgan fingerprint density at radius 1 is 1.12 bits per heavy atom. The Morgan fingerprint density at radius 3 is 2.80 bits per heavy atom. The van der Waals surface area contributed by atoms with Crippen LogP contribution in [-0.2, 0) is 11.3 Å². The van der Waals surface area contributed by atoms with Crippen LogP contribution in [0.25, 0.3) is 10.9 Å². The molecular formula is C20H25N3O2. The Hall–Kier alpha value is -2.17. The highest BCUT2D eigenvalue weighted by Gasteiger charge is 2.34. The van der Waals surface area contributed by atoms with E-state index < -0.39 is 0 Å². The summed E-state index contributed by atoms with van der Waals surface area (Å²) in [6.07, 6.45) is 8.52. The van der Waals surface area contributed by atoms with Crippen LogP contribution in [0.3, 0.4) is 0 Å². The van der Waals surface area contributed by atoms with Crippen molar-refractivity contribution in [2.45, 2.75) is 51.5 Å². The lowest BCUT2D eigenvalue weighted by atomic mass is 9.67. The van der Waals surface area contributed by atoms with Crippen molar-refractivity contribution < 1.29 is 4.79 Å². The van der Waals surface area contributed by atoms with Crippen molar-refractivity contribution in [2.75, 3.05) is 0 Å². The first-order chi connectivity index (χ1) is 12.2. The van der Waals surface area contributed by atoms with Gasteiger partial charge in [0.2, 0.25) is 5.91 Å². The zero-order valence-corrected chi connectivity index (χ0v) is 14.5. The van der Waals surface area contributed by atoms with Gasteiger partial charge >= 0.3 is 0 Å². The Labute approximate surface area is 147 Å². The minimum Gasteiger partial charge on any atom is -0.349 e. The van der Waals surface area contributed by atoms with E-state index in [1.54, 1.807) is 6.07 Å². The maximum absolute atomic E-state index is 12.6. The first kappa shape index (κ1) is 16.3. The highest BCUT2D eigenvalue weighted by atomic mass is 16.2. The van der Waals surface area contributed by atoms with Crippen molar-refractivity contribution in [3.05, 3.63) is 40.4 Å². The molecule has 2 aromatic rings. The van der Waals surface area contributed by atoms with Gasteiger partial charge in [0.25, 0.3) is 5.56 Å². The molecule has 2 fully saturated rings. The molecule has 1 aromatic carbocycles. The van der Waals surface area contributed by atoms with E-state index in [-0.39, 0.29) is 23.9 Å². The summed E-state index contributed by atoms with van der Waals surface area (Å²) >= 11 is 0. The summed E-state index contributed by atoms with van der Waals surface area (Å²) < 4.78 is 0. The fourth-order valence-corrected chi connectivity index (χ4v) is 4.65. The Morgan fingerprint density at radius 2 is 1.92 bits per heavy atom. The number of fused-ring (bicyclic) bond motifs is 2. The summed E-state index contributed by atoms with van der Waals surface area (Å²) in [5.74, 6) is 2.32. The second-order valence-corrected chi connectivity index (χ2v) is 7.56. The number of nitrogens with zero attached hydrogens (tertiary/aromatic N) is 1. The van der Waals surface area contributed by atoms with Gasteiger partial charge in [0.05, 0.1) is 17.4 Å². The first-order valence-corrected chi connectivity index (χ1v) is 9.46. The Kier molecular flexibility index (Phi) is 4.55. The first-order valence-electron chi connectivity index (χ1n) is 9.46. The molecule has 0 spiro atoms. The van der Waals surface area contributed by atoms with E-state index in [1.807, 2.05) is 18.2 Å². The number of hydrogen-bond acceptors (Lipinski definition) is 3. The zero-order chi connectivity index (χ0) is 17.2. The topological polar surface area (TPSA) is 74.8 Å². The largest absolute Gasteiger partial charge is 0.349 e. The highest BCUT2D eigenvalue weighted by molar-refractivity contribution is 5.79. The van der Waals surface area contributed by atoms with Crippen molar-refractivity contribution in [1.82, 2.24) is 15.3 Å². The number of carbonyl (C=O) groups is 1. The highest BCUT2D eigenvalue weighted by Crippen LogP contribution is 2.42. The van der Waals surface area contributed by atoms with E-state index in [0.717, 1.165) is 24.7 Å². The molecule has 2 aliphatic carbocycles. The molecule has 1 amide bonds. The Bertz CT molecular complexity index is 829. The van der Waals surface area contributed by atoms with E-state index in [1.165, 1.54) is 32.1 Å². The average Bonchev–Trinajstić information content (AvgIpc) is 2.66. The van der Waals surface area contributed by atoms with Gasteiger partial charge in [-0.1, -0.05) is 37.8 Å². The molecule has 0 aliphatic heterocycles. The smallest absolute Gasteiger partial charge is 0.258 e. The number of aromatic nitrogens is 2. The summed E-state index contributed by atoms with van der Waals surface area (Å²) in [4.78, 5) is 31.9. The van der Waals surface area contributed by atoms with Crippen LogP contribution in [0.5, 0.6) is 0 Å². The predicted molar refractivity (Wildman–Crippen MR) is 97.0 cm³/mol. The molecule has 1 heterocycles. The fourth-order valence-electron chi connectivity index (χ4n) is 4.65. The van der Waals surface area contributed by atoms with E-state index in [0.29, 0.717) is 16.7 Å². The monoisotopic (exact) mass is 339 g/mol. The van der Waals surface area contributed by atoms with Crippen molar-refractivity contribution in [1.29, 1.82) is 0 Å². The number of aromatic amines is 1. The molecule has 2 aliphatic rings. The minimum atomic E-state index is -0.155. The van der Waals surface area contributed by atoms with Gasteiger partial charge in [0.1, 0.15) is 5.82 Å². The lowest BCUT2D eigenvalue weighted by Gasteiger charge is -2.38. The van der Waals surface area contributed by atoms with E-state index in [9.17, 15) is 9.59 Å². The quantitative estimate of drug-likeness (QED) is 0.902. The molecule has 5 heteroatoms. The number of nitrogens with one attached hydrogen (secondary N) is 2. The molecule has 3 atom stereocenters. The Balaban J connectivity index is 1.39. The normalized spacial score (nSPS) is 26.2. The molecule has 5 nitrogen and oxygen atoms in total. The van der Waals surface area contributed by atoms with Crippen LogP contribution in [0.1, 0.15) is 50.8 Å². The van der Waals surface area contributed by atoms with Crippen molar-refractivity contribution in [2.24, 2.45) is 17.8 Å². The second kappa shape index (κ2) is 6.98. The molecule has 0 bridgehead atoms. The van der Waals surface area contributed by atoms with Gasteiger partial charge in [-0.25, -0.2) is 4.98 Å². The molecule has 0 unspecified atom stereocenters. The summed E-state index contributed by atoms with van der Waals surface area (Å²) in [7, 11) is 0.